The van der Waals surface area contributed by atoms with E-state index in [4.69, 9.17) is 9.47 Å². The molecule has 11 heteroatoms. The summed E-state index contributed by atoms with van der Waals surface area (Å²) < 4.78 is 10.8. The number of thiophene rings is 1. The molecule has 0 spiro atoms. The number of ether oxygens (including phenoxy) is 2. The second kappa shape index (κ2) is 13.6. The zero-order valence-corrected chi connectivity index (χ0v) is 23.9. The first-order valence-corrected chi connectivity index (χ1v) is 15.0. The molecule has 0 radical (unpaired) electrons. The fourth-order valence-corrected chi connectivity index (χ4v) is 6.42. The van der Waals surface area contributed by atoms with E-state index in [2.05, 4.69) is 10.2 Å². The van der Waals surface area contributed by atoms with Gasteiger partial charge < -0.3 is 29.5 Å². The monoisotopic (exact) mass is 569 g/mol. The SMILES string of the molecule is COc1ccc(C(=O)N(CCN2CCOCC2)C2CC(C(=O)N3CCCNCC3)N(C(=O)c3cccs3)C2)cc1. The lowest BCUT2D eigenvalue weighted by Crippen LogP contribution is -2.48. The van der Waals surface area contributed by atoms with Crippen LogP contribution in [0.4, 0.5) is 0 Å². The summed E-state index contributed by atoms with van der Waals surface area (Å²) in [5.41, 5.74) is 0.562. The van der Waals surface area contributed by atoms with Crippen LogP contribution >= 0.6 is 11.3 Å². The van der Waals surface area contributed by atoms with Crippen LogP contribution in [0.5, 0.6) is 5.75 Å². The number of rotatable bonds is 8. The van der Waals surface area contributed by atoms with E-state index in [9.17, 15) is 14.4 Å². The fourth-order valence-electron chi connectivity index (χ4n) is 5.74. The number of amides is 3. The standard InChI is InChI=1S/C29H39N5O5S/c1-38-24-7-5-22(6-8-24)27(35)33(14-13-31-15-17-39-18-16-31)23-20-25(28(36)32-11-3-9-30-10-12-32)34(21-23)29(37)26-4-2-19-40-26/h2,4-8,19,23,25,30H,3,9-18,20-21H2,1H3. The van der Waals surface area contributed by atoms with Crippen LogP contribution in [0.15, 0.2) is 41.8 Å². The van der Waals surface area contributed by atoms with Crippen molar-refractivity contribution in [2.45, 2.75) is 24.9 Å². The van der Waals surface area contributed by atoms with Gasteiger partial charge in [0.2, 0.25) is 5.91 Å². The zero-order valence-electron chi connectivity index (χ0n) is 23.1. The van der Waals surface area contributed by atoms with Crippen molar-refractivity contribution in [3.63, 3.8) is 0 Å². The fraction of sp³-hybridized carbons (Fsp3) is 0.552. The van der Waals surface area contributed by atoms with E-state index in [-0.39, 0.29) is 23.8 Å². The third-order valence-electron chi connectivity index (χ3n) is 8.01. The first-order chi connectivity index (χ1) is 19.5. The van der Waals surface area contributed by atoms with Gasteiger partial charge in [0.15, 0.2) is 0 Å². The molecule has 3 fully saturated rings. The number of morpholine rings is 1. The summed E-state index contributed by atoms with van der Waals surface area (Å²) in [6, 6.07) is 9.90. The third kappa shape index (κ3) is 6.65. The number of likely N-dealkylation sites (tertiary alicyclic amines) is 1. The molecule has 216 valence electrons. The number of carbonyl (C=O) groups is 3. The second-order valence-corrected chi connectivity index (χ2v) is 11.4. The Labute approximate surface area is 239 Å². The van der Waals surface area contributed by atoms with Crippen molar-refractivity contribution in [1.29, 1.82) is 0 Å². The highest BCUT2D eigenvalue weighted by Gasteiger charge is 2.45. The smallest absolute Gasteiger partial charge is 0.264 e. The van der Waals surface area contributed by atoms with Gasteiger partial charge in [-0.05, 0) is 55.1 Å². The molecule has 0 saturated carbocycles. The topological polar surface area (TPSA) is 94.7 Å². The van der Waals surface area contributed by atoms with Gasteiger partial charge in [-0.2, -0.15) is 0 Å². The summed E-state index contributed by atoms with van der Waals surface area (Å²) in [6.07, 6.45) is 1.30. The molecule has 40 heavy (non-hydrogen) atoms. The Balaban J connectivity index is 1.41. The van der Waals surface area contributed by atoms with E-state index in [1.807, 2.05) is 21.2 Å². The molecule has 2 aromatic rings. The molecule has 3 aliphatic rings. The van der Waals surface area contributed by atoms with E-state index in [1.165, 1.54) is 11.3 Å². The normalized spacial score (nSPS) is 22.1. The van der Waals surface area contributed by atoms with Gasteiger partial charge in [0, 0.05) is 57.9 Å². The van der Waals surface area contributed by atoms with Crippen LogP contribution in [0.25, 0.3) is 0 Å². The van der Waals surface area contributed by atoms with Crippen molar-refractivity contribution in [1.82, 2.24) is 24.9 Å². The average molecular weight is 570 g/mol. The molecule has 0 bridgehead atoms. The van der Waals surface area contributed by atoms with Crippen LogP contribution in [0.2, 0.25) is 0 Å². The number of hydrogen-bond donors (Lipinski definition) is 1. The van der Waals surface area contributed by atoms with Gasteiger partial charge in [-0.25, -0.2) is 0 Å². The first-order valence-electron chi connectivity index (χ1n) is 14.1. The first kappa shape index (κ1) is 28.5. The predicted molar refractivity (Wildman–Crippen MR) is 153 cm³/mol. The van der Waals surface area contributed by atoms with E-state index < -0.39 is 6.04 Å². The van der Waals surface area contributed by atoms with Crippen molar-refractivity contribution in [3.05, 3.63) is 52.2 Å². The van der Waals surface area contributed by atoms with Crippen molar-refractivity contribution in [3.8, 4) is 5.75 Å². The Morgan fingerprint density at radius 1 is 1.07 bits per heavy atom. The number of nitrogens with one attached hydrogen (secondary N) is 1. The number of nitrogens with zero attached hydrogens (tertiary/aromatic N) is 4. The summed E-state index contributed by atoms with van der Waals surface area (Å²) in [5, 5.41) is 5.22. The molecule has 2 atom stereocenters. The van der Waals surface area contributed by atoms with Crippen LogP contribution in [0, 0.1) is 0 Å². The van der Waals surface area contributed by atoms with Crippen LogP contribution in [0.3, 0.4) is 0 Å². The van der Waals surface area contributed by atoms with Crippen molar-refractivity contribution in [2.75, 3.05) is 79.2 Å². The quantitative estimate of drug-likeness (QED) is 0.517. The van der Waals surface area contributed by atoms with Crippen molar-refractivity contribution < 1.29 is 23.9 Å². The highest BCUT2D eigenvalue weighted by Crippen LogP contribution is 2.29. The summed E-state index contributed by atoms with van der Waals surface area (Å²) in [6.45, 7) is 7.44. The molecule has 5 rings (SSSR count). The van der Waals surface area contributed by atoms with Gasteiger partial charge in [-0.1, -0.05) is 6.07 Å². The molecule has 3 aliphatic heterocycles. The van der Waals surface area contributed by atoms with Gasteiger partial charge in [-0.15, -0.1) is 11.3 Å². The summed E-state index contributed by atoms with van der Waals surface area (Å²) in [7, 11) is 1.60. The van der Waals surface area contributed by atoms with E-state index >= 15 is 0 Å². The Morgan fingerprint density at radius 2 is 1.88 bits per heavy atom. The minimum Gasteiger partial charge on any atom is -0.497 e. The van der Waals surface area contributed by atoms with Crippen LogP contribution in [0.1, 0.15) is 32.9 Å². The van der Waals surface area contributed by atoms with E-state index in [0.717, 1.165) is 32.6 Å². The van der Waals surface area contributed by atoms with Gasteiger partial charge in [0.05, 0.1) is 31.2 Å². The average Bonchev–Trinajstić information content (AvgIpc) is 3.62. The van der Waals surface area contributed by atoms with Crippen LogP contribution in [-0.2, 0) is 9.53 Å². The Hall–Kier alpha value is -2.99. The number of carbonyl (C=O) groups excluding carboxylic acids is 3. The molecule has 1 N–H and O–H groups in total. The van der Waals surface area contributed by atoms with Crippen molar-refractivity contribution in [2.24, 2.45) is 0 Å². The number of hydrogen-bond acceptors (Lipinski definition) is 8. The largest absolute Gasteiger partial charge is 0.497 e. The maximum atomic E-state index is 14.0. The molecule has 4 heterocycles. The molecule has 1 aromatic carbocycles. The number of benzene rings is 1. The zero-order chi connectivity index (χ0) is 27.9. The highest BCUT2D eigenvalue weighted by molar-refractivity contribution is 7.12. The second-order valence-electron chi connectivity index (χ2n) is 10.5. The molecule has 2 unspecified atom stereocenters. The predicted octanol–water partition coefficient (Wildman–Crippen LogP) is 1.64. The van der Waals surface area contributed by atoms with Crippen molar-refractivity contribution >= 4 is 29.1 Å². The maximum Gasteiger partial charge on any atom is 0.264 e. The highest BCUT2D eigenvalue weighted by atomic mass is 32.1. The lowest BCUT2D eigenvalue weighted by atomic mass is 10.1. The van der Waals surface area contributed by atoms with Gasteiger partial charge >= 0.3 is 0 Å². The Kier molecular flexibility index (Phi) is 9.69. The summed E-state index contributed by atoms with van der Waals surface area (Å²) in [4.78, 5) is 49.9. The summed E-state index contributed by atoms with van der Waals surface area (Å²) >= 11 is 1.38. The third-order valence-corrected chi connectivity index (χ3v) is 8.87. The lowest BCUT2D eigenvalue weighted by molar-refractivity contribution is -0.135. The summed E-state index contributed by atoms with van der Waals surface area (Å²) in [5.74, 6) is 0.411. The van der Waals surface area contributed by atoms with Gasteiger partial charge in [0.25, 0.3) is 11.8 Å². The maximum absolute atomic E-state index is 14.0. The molecular formula is C29H39N5O5S. The van der Waals surface area contributed by atoms with Gasteiger partial charge in [0.1, 0.15) is 11.8 Å². The van der Waals surface area contributed by atoms with E-state index in [1.54, 1.807) is 42.3 Å². The van der Waals surface area contributed by atoms with Crippen LogP contribution in [-0.4, -0.2) is 129 Å². The molecule has 3 amide bonds. The molecule has 1 aromatic heterocycles. The Bertz CT molecular complexity index is 1130. The van der Waals surface area contributed by atoms with Crippen LogP contribution < -0.4 is 10.1 Å². The Morgan fingerprint density at radius 3 is 2.60 bits per heavy atom. The number of methoxy groups -OCH3 is 1. The van der Waals surface area contributed by atoms with Gasteiger partial charge in [-0.3, -0.25) is 19.3 Å². The minimum atomic E-state index is -0.604. The minimum absolute atomic E-state index is 0.0267. The molecule has 3 saturated heterocycles. The molecule has 10 nitrogen and oxygen atoms in total. The molecular weight excluding hydrogens is 530 g/mol. The molecule has 0 aliphatic carbocycles. The van der Waals surface area contributed by atoms with E-state index in [0.29, 0.717) is 68.5 Å². The lowest BCUT2D eigenvalue weighted by Gasteiger charge is -2.33.